The van der Waals surface area contributed by atoms with Crippen molar-refractivity contribution in [3.63, 3.8) is 0 Å². The lowest BCUT2D eigenvalue weighted by Gasteiger charge is -2.13. The molecule has 1 aromatic carbocycles. The van der Waals surface area contributed by atoms with E-state index in [9.17, 15) is 0 Å². The fourth-order valence-electron chi connectivity index (χ4n) is 2.17. The fourth-order valence-corrected chi connectivity index (χ4v) is 2.17. The van der Waals surface area contributed by atoms with Gasteiger partial charge in [0.2, 0.25) is 0 Å². The zero-order valence-electron chi connectivity index (χ0n) is 12.9. The molecule has 0 amide bonds. The van der Waals surface area contributed by atoms with Crippen molar-refractivity contribution in [2.24, 2.45) is 0 Å². The highest BCUT2D eigenvalue weighted by Gasteiger charge is 2.06. The van der Waals surface area contributed by atoms with E-state index in [0.717, 1.165) is 36.7 Å². The van der Waals surface area contributed by atoms with Crippen LogP contribution in [-0.2, 0) is 13.1 Å². The zero-order valence-corrected chi connectivity index (χ0v) is 12.9. The van der Waals surface area contributed by atoms with E-state index < -0.39 is 0 Å². The Morgan fingerprint density at radius 3 is 2.76 bits per heavy atom. The van der Waals surface area contributed by atoms with Crippen LogP contribution in [0.15, 0.2) is 30.5 Å². The Hall–Kier alpha value is -2.17. The maximum absolute atomic E-state index is 5.59. The molecule has 0 aliphatic heterocycles. The summed E-state index contributed by atoms with van der Waals surface area (Å²) >= 11 is 0. The van der Waals surface area contributed by atoms with Crippen LogP contribution in [0.25, 0.3) is 0 Å². The van der Waals surface area contributed by atoms with Crippen molar-refractivity contribution < 1.29 is 9.47 Å². The van der Waals surface area contributed by atoms with Gasteiger partial charge < -0.3 is 14.8 Å². The Kier molecular flexibility index (Phi) is 5.49. The van der Waals surface area contributed by atoms with Gasteiger partial charge >= 0.3 is 0 Å². The van der Waals surface area contributed by atoms with Gasteiger partial charge in [0, 0.05) is 24.5 Å². The van der Waals surface area contributed by atoms with Gasteiger partial charge in [0.25, 0.3) is 0 Å². The summed E-state index contributed by atoms with van der Waals surface area (Å²) in [5.41, 5.74) is 2.18. The molecule has 0 spiro atoms. The lowest BCUT2D eigenvalue weighted by molar-refractivity contribution is 0.311. The Bertz CT molecular complexity index is 566. The Morgan fingerprint density at radius 1 is 1.19 bits per heavy atom. The van der Waals surface area contributed by atoms with Crippen LogP contribution in [-0.4, -0.2) is 23.5 Å². The SMILES string of the molecule is CCCn1nccc1CNc1ccc(OC)c(OCC)c1. The number of anilines is 1. The summed E-state index contributed by atoms with van der Waals surface area (Å²) in [6.07, 6.45) is 2.91. The van der Waals surface area contributed by atoms with Crippen LogP contribution >= 0.6 is 0 Å². The highest BCUT2D eigenvalue weighted by atomic mass is 16.5. The van der Waals surface area contributed by atoms with Crippen molar-refractivity contribution >= 4 is 5.69 Å². The van der Waals surface area contributed by atoms with Gasteiger partial charge in [-0.05, 0) is 31.5 Å². The topological polar surface area (TPSA) is 48.3 Å². The third-order valence-electron chi connectivity index (χ3n) is 3.18. The molecule has 2 rings (SSSR count). The monoisotopic (exact) mass is 289 g/mol. The minimum Gasteiger partial charge on any atom is -0.493 e. The maximum Gasteiger partial charge on any atom is 0.163 e. The fraction of sp³-hybridized carbons (Fsp3) is 0.438. The number of aryl methyl sites for hydroxylation is 1. The van der Waals surface area contributed by atoms with Crippen molar-refractivity contribution in [3.05, 3.63) is 36.2 Å². The molecule has 0 aliphatic rings. The highest BCUT2D eigenvalue weighted by molar-refractivity contribution is 5.54. The van der Waals surface area contributed by atoms with Crippen LogP contribution in [0.4, 0.5) is 5.69 Å². The largest absolute Gasteiger partial charge is 0.493 e. The molecule has 21 heavy (non-hydrogen) atoms. The summed E-state index contributed by atoms with van der Waals surface area (Å²) < 4.78 is 12.9. The van der Waals surface area contributed by atoms with Crippen molar-refractivity contribution in [3.8, 4) is 11.5 Å². The number of ether oxygens (including phenoxy) is 2. The van der Waals surface area contributed by atoms with Crippen LogP contribution in [0.2, 0.25) is 0 Å². The number of hydrogen-bond donors (Lipinski definition) is 1. The number of nitrogens with one attached hydrogen (secondary N) is 1. The van der Waals surface area contributed by atoms with Gasteiger partial charge in [-0.15, -0.1) is 0 Å². The van der Waals surface area contributed by atoms with E-state index in [1.165, 1.54) is 5.69 Å². The van der Waals surface area contributed by atoms with Crippen LogP contribution in [0, 0.1) is 0 Å². The van der Waals surface area contributed by atoms with E-state index in [0.29, 0.717) is 6.61 Å². The first-order valence-corrected chi connectivity index (χ1v) is 7.33. The van der Waals surface area contributed by atoms with Crippen molar-refractivity contribution in [2.45, 2.75) is 33.4 Å². The first-order chi connectivity index (χ1) is 10.3. The quantitative estimate of drug-likeness (QED) is 0.810. The predicted octanol–water partition coefficient (Wildman–Crippen LogP) is 3.31. The van der Waals surface area contributed by atoms with Crippen molar-refractivity contribution in [1.29, 1.82) is 0 Å². The third-order valence-corrected chi connectivity index (χ3v) is 3.18. The minimum atomic E-state index is 0.614. The van der Waals surface area contributed by atoms with Crippen LogP contribution in [0.1, 0.15) is 26.0 Å². The average molecular weight is 289 g/mol. The van der Waals surface area contributed by atoms with E-state index >= 15 is 0 Å². The van der Waals surface area contributed by atoms with Crippen LogP contribution < -0.4 is 14.8 Å². The maximum atomic E-state index is 5.59. The lowest BCUT2D eigenvalue weighted by atomic mass is 10.2. The van der Waals surface area contributed by atoms with Gasteiger partial charge in [0.15, 0.2) is 11.5 Å². The average Bonchev–Trinajstić information content (AvgIpc) is 2.93. The van der Waals surface area contributed by atoms with Crippen LogP contribution in [0.5, 0.6) is 11.5 Å². The summed E-state index contributed by atoms with van der Waals surface area (Å²) in [6, 6.07) is 7.90. The molecule has 0 unspecified atom stereocenters. The van der Waals surface area contributed by atoms with Gasteiger partial charge in [-0.3, -0.25) is 4.68 Å². The molecular weight excluding hydrogens is 266 g/mol. The molecule has 114 valence electrons. The molecule has 1 N–H and O–H groups in total. The summed E-state index contributed by atoms with van der Waals surface area (Å²) in [6.45, 7) is 6.40. The van der Waals surface area contributed by atoms with E-state index in [4.69, 9.17) is 9.47 Å². The molecule has 0 atom stereocenters. The number of hydrogen-bond acceptors (Lipinski definition) is 4. The molecule has 5 nitrogen and oxygen atoms in total. The van der Waals surface area contributed by atoms with E-state index in [-0.39, 0.29) is 0 Å². The van der Waals surface area contributed by atoms with Crippen molar-refractivity contribution in [2.75, 3.05) is 19.0 Å². The zero-order chi connectivity index (χ0) is 15.1. The number of benzene rings is 1. The standard InChI is InChI=1S/C16H23N3O2/c1-4-10-19-14(8-9-18-19)12-17-13-6-7-15(20-3)16(11-13)21-5-2/h6-9,11,17H,4-5,10,12H2,1-3H3. The molecule has 1 heterocycles. The second-order valence-electron chi connectivity index (χ2n) is 4.70. The number of aromatic nitrogens is 2. The van der Waals surface area contributed by atoms with E-state index in [2.05, 4.69) is 17.3 Å². The molecule has 0 saturated carbocycles. The highest BCUT2D eigenvalue weighted by Crippen LogP contribution is 2.30. The summed E-state index contributed by atoms with van der Waals surface area (Å²) in [5, 5.41) is 7.72. The molecule has 5 heteroatoms. The molecule has 0 radical (unpaired) electrons. The second-order valence-corrected chi connectivity index (χ2v) is 4.70. The van der Waals surface area contributed by atoms with Gasteiger partial charge in [-0.2, -0.15) is 5.10 Å². The first-order valence-electron chi connectivity index (χ1n) is 7.33. The summed E-state index contributed by atoms with van der Waals surface area (Å²) in [5.74, 6) is 1.51. The van der Waals surface area contributed by atoms with E-state index in [1.54, 1.807) is 7.11 Å². The third kappa shape index (κ3) is 3.90. The van der Waals surface area contributed by atoms with E-state index in [1.807, 2.05) is 42.1 Å². The molecule has 2 aromatic rings. The Labute approximate surface area is 125 Å². The smallest absolute Gasteiger partial charge is 0.163 e. The normalized spacial score (nSPS) is 10.4. The van der Waals surface area contributed by atoms with Gasteiger partial charge in [-0.1, -0.05) is 6.92 Å². The minimum absolute atomic E-state index is 0.614. The number of nitrogens with zero attached hydrogens (tertiary/aromatic N) is 2. The second kappa shape index (κ2) is 7.57. The summed E-state index contributed by atoms with van der Waals surface area (Å²) in [4.78, 5) is 0. The van der Waals surface area contributed by atoms with Gasteiger partial charge in [0.1, 0.15) is 0 Å². The molecule has 0 bridgehead atoms. The molecule has 0 fully saturated rings. The first kappa shape index (κ1) is 15.2. The molecular formula is C16H23N3O2. The van der Waals surface area contributed by atoms with Crippen LogP contribution in [0.3, 0.4) is 0 Å². The predicted molar refractivity (Wildman–Crippen MR) is 84.0 cm³/mol. The Balaban J connectivity index is 2.05. The molecule has 1 aromatic heterocycles. The van der Waals surface area contributed by atoms with Gasteiger partial charge in [-0.25, -0.2) is 0 Å². The summed E-state index contributed by atoms with van der Waals surface area (Å²) in [7, 11) is 1.65. The van der Waals surface area contributed by atoms with Crippen molar-refractivity contribution in [1.82, 2.24) is 9.78 Å². The number of methoxy groups -OCH3 is 1. The molecule has 0 saturated heterocycles. The Morgan fingerprint density at radius 2 is 2.05 bits per heavy atom. The number of rotatable bonds is 8. The molecule has 0 aliphatic carbocycles. The van der Waals surface area contributed by atoms with Gasteiger partial charge in [0.05, 0.1) is 26.0 Å². The lowest BCUT2D eigenvalue weighted by Crippen LogP contribution is -2.09.